The van der Waals surface area contributed by atoms with Crippen LogP contribution in [-0.4, -0.2) is 38.8 Å². The number of nitrogens with one attached hydrogen (secondary N) is 1. The average Bonchev–Trinajstić information content (AvgIpc) is 2.65. The van der Waals surface area contributed by atoms with Crippen LogP contribution in [0.4, 0.5) is 5.69 Å². The molecular formula is C21H28N2O4S. The molecule has 0 bridgehead atoms. The van der Waals surface area contributed by atoms with Crippen molar-refractivity contribution >= 4 is 21.6 Å². The highest BCUT2D eigenvalue weighted by atomic mass is 32.2. The van der Waals surface area contributed by atoms with Crippen LogP contribution in [0.2, 0.25) is 0 Å². The molecule has 0 fully saturated rings. The molecule has 1 N–H and O–H groups in total. The van der Waals surface area contributed by atoms with Crippen molar-refractivity contribution in [2.75, 3.05) is 25.5 Å². The van der Waals surface area contributed by atoms with Gasteiger partial charge in [-0.05, 0) is 35.2 Å². The molecule has 0 aliphatic rings. The normalized spacial score (nSPS) is 12.1. The van der Waals surface area contributed by atoms with Crippen LogP contribution in [0.5, 0.6) is 5.75 Å². The molecule has 0 heterocycles. The molecular weight excluding hydrogens is 376 g/mol. The zero-order valence-electron chi connectivity index (χ0n) is 17.0. The second kappa shape index (κ2) is 8.75. The van der Waals surface area contributed by atoms with Crippen molar-refractivity contribution in [2.24, 2.45) is 0 Å². The Balaban J connectivity index is 2.15. The van der Waals surface area contributed by atoms with E-state index in [9.17, 15) is 13.2 Å². The Labute approximate surface area is 167 Å². The average molecular weight is 405 g/mol. The Morgan fingerprint density at radius 3 is 2.29 bits per heavy atom. The number of hydrogen-bond acceptors (Lipinski definition) is 4. The van der Waals surface area contributed by atoms with E-state index >= 15 is 0 Å². The number of anilines is 1. The fourth-order valence-electron chi connectivity index (χ4n) is 2.70. The lowest BCUT2D eigenvalue weighted by molar-refractivity contribution is -0.116. The quantitative estimate of drug-likeness (QED) is 0.764. The van der Waals surface area contributed by atoms with Crippen molar-refractivity contribution in [1.82, 2.24) is 4.31 Å². The molecule has 0 aromatic heterocycles. The van der Waals surface area contributed by atoms with Gasteiger partial charge >= 0.3 is 0 Å². The molecule has 0 aliphatic carbocycles. The fourth-order valence-corrected chi connectivity index (χ4v) is 4.11. The van der Waals surface area contributed by atoms with Gasteiger partial charge in [0.15, 0.2) is 0 Å². The van der Waals surface area contributed by atoms with E-state index in [4.69, 9.17) is 4.74 Å². The van der Waals surface area contributed by atoms with E-state index < -0.39 is 15.9 Å². The number of amides is 1. The van der Waals surface area contributed by atoms with Gasteiger partial charge in [0.1, 0.15) is 5.75 Å². The van der Waals surface area contributed by atoms with Crippen molar-refractivity contribution in [1.29, 1.82) is 0 Å². The van der Waals surface area contributed by atoms with Gasteiger partial charge in [-0.25, -0.2) is 8.42 Å². The lowest BCUT2D eigenvalue weighted by Crippen LogP contribution is -2.37. The number of hydrogen-bond donors (Lipinski definition) is 1. The van der Waals surface area contributed by atoms with E-state index in [0.29, 0.717) is 11.4 Å². The van der Waals surface area contributed by atoms with E-state index in [0.717, 1.165) is 9.87 Å². The first-order chi connectivity index (χ1) is 13.1. The van der Waals surface area contributed by atoms with Gasteiger partial charge in [-0.3, -0.25) is 4.79 Å². The van der Waals surface area contributed by atoms with Crippen molar-refractivity contribution in [3.8, 4) is 5.75 Å². The summed E-state index contributed by atoms with van der Waals surface area (Å²) in [5, 5.41) is 2.71. The largest absolute Gasteiger partial charge is 0.497 e. The van der Waals surface area contributed by atoms with Crippen LogP contribution < -0.4 is 10.1 Å². The molecule has 2 aromatic rings. The highest BCUT2D eigenvalue weighted by Crippen LogP contribution is 2.24. The van der Waals surface area contributed by atoms with Crippen LogP contribution in [0.15, 0.2) is 53.4 Å². The molecule has 28 heavy (non-hydrogen) atoms. The van der Waals surface area contributed by atoms with Gasteiger partial charge in [0.25, 0.3) is 0 Å². The maximum Gasteiger partial charge on any atom is 0.243 e. The highest BCUT2D eigenvalue weighted by Gasteiger charge is 2.26. The molecule has 2 rings (SSSR count). The Morgan fingerprint density at radius 1 is 1.11 bits per heavy atom. The van der Waals surface area contributed by atoms with Crippen molar-refractivity contribution in [3.05, 3.63) is 54.1 Å². The summed E-state index contributed by atoms with van der Waals surface area (Å²) >= 11 is 0. The monoisotopic (exact) mass is 404 g/mol. The summed E-state index contributed by atoms with van der Waals surface area (Å²) in [6.45, 7) is 7.83. The van der Waals surface area contributed by atoms with Gasteiger partial charge in [0, 0.05) is 18.3 Å². The van der Waals surface area contributed by atoms with Crippen molar-refractivity contribution in [3.63, 3.8) is 0 Å². The molecule has 0 unspecified atom stereocenters. The van der Waals surface area contributed by atoms with E-state index in [1.165, 1.54) is 7.11 Å². The fraction of sp³-hybridized carbons (Fsp3) is 0.381. The number of carbonyl (C=O) groups is 1. The van der Waals surface area contributed by atoms with Crippen LogP contribution in [0, 0.1) is 0 Å². The topological polar surface area (TPSA) is 75.7 Å². The predicted molar refractivity (Wildman–Crippen MR) is 111 cm³/mol. The third-order valence-electron chi connectivity index (χ3n) is 4.38. The maximum absolute atomic E-state index is 12.9. The summed E-state index contributed by atoms with van der Waals surface area (Å²) in [6.07, 6.45) is 0. The van der Waals surface area contributed by atoms with Crippen LogP contribution in [0.1, 0.15) is 33.3 Å². The molecule has 0 spiro atoms. The maximum atomic E-state index is 12.9. The summed E-state index contributed by atoms with van der Waals surface area (Å²) in [4.78, 5) is 12.6. The zero-order chi connectivity index (χ0) is 20.9. The van der Waals surface area contributed by atoms with Gasteiger partial charge in [-0.2, -0.15) is 4.31 Å². The number of sulfonamides is 1. The minimum Gasteiger partial charge on any atom is -0.497 e. The standard InChI is InChI=1S/C21H28N2O4S/c1-6-23(15-20(24)22-17-8-7-9-18(14-17)27-5)28(25,26)19-12-10-16(11-13-19)21(2,3)4/h7-14H,6,15H2,1-5H3,(H,22,24). The number of likely N-dealkylation sites (N-methyl/N-ethyl adjacent to an activating group) is 1. The molecule has 0 aliphatic heterocycles. The summed E-state index contributed by atoms with van der Waals surface area (Å²) in [5.41, 5.74) is 1.53. The Kier molecular flexibility index (Phi) is 6.85. The molecule has 7 heteroatoms. The van der Waals surface area contributed by atoms with Gasteiger partial charge in [0.05, 0.1) is 18.6 Å². The van der Waals surface area contributed by atoms with Crippen LogP contribution >= 0.6 is 0 Å². The van der Waals surface area contributed by atoms with E-state index in [1.807, 2.05) is 12.1 Å². The van der Waals surface area contributed by atoms with Crippen molar-refractivity contribution in [2.45, 2.75) is 38.0 Å². The first-order valence-corrected chi connectivity index (χ1v) is 10.6. The van der Waals surface area contributed by atoms with Gasteiger partial charge in [0.2, 0.25) is 15.9 Å². The number of nitrogens with zero attached hydrogens (tertiary/aromatic N) is 1. The number of methoxy groups -OCH3 is 1. The van der Waals surface area contributed by atoms with Crippen LogP contribution in [0.25, 0.3) is 0 Å². The first-order valence-electron chi connectivity index (χ1n) is 9.12. The SMILES string of the molecule is CCN(CC(=O)Nc1cccc(OC)c1)S(=O)(=O)c1ccc(C(C)(C)C)cc1. The second-order valence-corrected chi connectivity index (χ2v) is 9.42. The molecule has 0 radical (unpaired) electrons. The molecule has 1 amide bonds. The van der Waals surface area contributed by atoms with Gasteiger partial charge in [-0.15, -0.1) is 0 Å². The molecule has 2 aromatic carbocycles. The lowest BCUT2D eigenvalue weighted by Gasteiger charge is -2.22. The first kappa shape index (κ1) is 21.9. The molecule has 0 saturated heterocycles. The molecule has 0 atom stereocenters. The summed E-state index contributed by atoms with van der Waals surface area (Å²) in [6, 6.07) is 13.7. The van der Waals surface area contributed by atoms with E-state index in [-0.39, 0.29) is 23.4 Å². The highest BCUT2D eigenvalue weighted by molar-refractivity contribution is 7.89. The van der Waals surface area contributed by atoms with Gasteiger partial charge < -0.3 is 10.1 Å². The van der Waals surface area contributed by atoms with Crippen LogP contribution in [-0.2, 0) is 20.2 Å². The Hall–Kier alpha value is -2.38. The molecule has 152 valence electrons. The van der Waals surface area contributed by atoms with E-state index in [1.54, 1.807) is 43.3 Å². The summed E-state index contributed by atoms with van der Waals surface area (Å²) in [7, 11) is -2.23. The lowest BCUT2D eigenvalue weighted by atomic mass is 9.87. The second-order valence-electron chi connectivity index (χ2n) is 7.49. The molecule has 0 saturated carbocycles. The number of benzene rings is 2. The van der Waals surface area contributed by atoms with Gasteiger partial charge in [-0.1, -0.05) is 45.9 Å². The zero-order valence-corrected chi connectivity index (χ0v) is 17.8. The molecule has 6 nitrogen and oxygen atoms in total. The number of carbonyl (C=O) groups excluding carboxylic acids is 1. The third-order valence-corrected chi connectivity index (χ3v) is 6.32. The smallest absolute Gasteiger partial charge is 0.243 e. The van der Waals surface area contributed by atoms with E-state index in [2.05, 4.69) is 26.1 Å². The summed E-state index contributed by atoms with van der Waals surface area (Å²) in [5.74, 6) is 0.196. The van der Waals surface area contributed by atoms with Crippen LogP contribution in [0.3, 0.4) is 0 Å². The summed E-state index contributed by atoms with van der Waals surface area (Å²) < 4.78 is 32.2. The third kappa shape index (κ3) is 5.33. The minimum absolute atomic E-state index is 0.0661. The van der Waals surface area contributed by atoms with Crippen molar-refractivity contribution < 1.29 is 17.9 Å². The Morgan fingerprint density at radius 2 is 1.75 bits per heavy atom. The minimum atomic E-state index is -3.77. The predicted octanol–water partition coefficient (Wildman–Crippen LogP) is 3.64. The Bertz CT molecular complexity index is 916. The number of rotatable bonds is 7. The number of ether oxygens (including phenoxy) is 1.